The van der Waals surface area contributed by atoms with Gasteiger partial charge in [-0.1, -0.05) is 6.07 Å². The lowest BCUT2D eigenvalue weighted by Gasteiger charge is -2.07. The molecule has 1 aromatic carbocycles. The highest BCUT2D eigenvalue weighted by atomic mass is 19.4. The van der Waals surface area contributed by atoms with E-state index in [2.05, 4.69) is 10.5 Å². The van der Waals surface area contributed by atoms with Gasteiger partial charge in [0.1, 0.15) is 5.76 Å². The maximum absolute atomic E-state index is 12.4. The van der Waals surface area contributed by atoms with E-state index in [4.69, 9.17) is 4.42 Å². The third-order valence-electron chi connectivity index (χ3n) is 2.12. The minimum atomic E-state index is -4.36. The van der Waals surface area contributed by atoms with Crippen LogP contribution in [0.3, 0.4) is 0 Å². The van der Waals surface area contributed by atoms with Crippen molar-refractivity contribution in [2.24, 2.45) is 5.10 Å². The first kappa shape index (κ1) is 12.2. The third kappa shape index (κ3) is 3.13. The topological polar surface area (TPSA) is 37.5 Å². The Morgan fingerprint density at radius 1 is 1.17 bits per heavy atom. The van der Waals surface area contributed by atoms with Crippen LogP contribution in [0.5, 0.6) is 0 Å². The highest BCUT2D eigenvalue weighted by Crippen LogP contribution is 2.30. The van der Waals surface area contributed by atoms with Gasteiger partial charge in [-0.2, -0.15) is 18.3 Å². The molecule has 0 aliphatic carbocycles. The summed E-state index contributed by atoms with van der Waals surface area (Å²) in [5.74, 6) is 0.509. The lowest BCUT2D eigenvalue weighted by molar-refractivity contribution is -0.137. The van der Waals surface area contributed by atoms with Gasteiger partial charge in [0.15, 0.2) is 0 Å². The van der Waals surface area contributed by atoms with E-state index < -0.39 is 11.7 Å². The van der Waals surface area contributed by atoms with Crippen LogP contribution in [0.4, 0.5) is 18.9 Å². The van der Waals surface area contributed by atoms with Gasteiger partial charge in [-0.3, -0.25) is 5.43 Å². The number of benzene rings is 1. The Morgan fingerprint density at radius 2 is 2.00 bits per heavy atom. The number of nitrogens with zero attached hydrogens (tertiary/aromatic N) is 1. The molecule has 6 heteroatoms. The van der Waals surface area contributed by atoms with Crippen molar-refractivity contribution in [2.45, 2.75) is 6.18 Å². The number of furan rings is 1. The molecule has 0 atom stereocenters. The van der Waals surface area contributed by atoms with Crippen LogP contribution in [0.2, 0.25) is 0 Å². The first-order chi connectivity index (χ1) is 8.55. The molecule has 0 amide bonds. The molecular weight excluding hydrogens is 245 g/mol. The van der Waals surface area contributed by atoms with Crippen LogP contribution in [0, 0.1) is 0 Å². The fraction of sp³-hybridized carbons (Fsp3) is 0.0833. The van der Waals surface area contributed by atoms with Crippen LogP contribution in [0.15, 0.2) is 52.2 Å². The largest absolute Gasteiger partial charge is 0.463 e. The summed E-state index contributed by atoms with van der Waals surface area (Å²) in [7, 11) is 0. The Kier molecular flexibility index (Phi) is 3.36. The van der Waals surface area contributed by atoms with E-state index in [1.54, 1.807) is 12.1 Å². The SMILES string of the molecule is FC(F)(F)c1cccc(NN=Cc2ccco2)c1. The molecule has 94 valence electrons. The van der Waals surface area contributed by atoms with Crippen LogP contribution in [-0.2, 0) is 6.18 Å². The molecule has 0 aliphatic heterocycles. The maximum Gasteiger partial charge on any atom is 0.416 e. The fourth-order valence-corrected chi connectivity index (χ4v) is 1.30. The van der Waals surface area contributed by atoms with Gasteiger partial charge in [0.05, 0.1) is 23.7 Å². The van der Waals surface area contributed by atoms with Crippen LogP contribution in [0.25, 0.3) is 0 Å². The Morgan fingerprint density at radius 3 is 2.67 bits per heavy atom. The standard InChI is InChI=1S/C12H9F3N2O/c13-12(14,15)9-3-1-4-10(7-9)17-16-8-11-5-2-6-18-11/h1-8,17H. The quantitative estimate of drug-likeness (QED) is 0.669. The number of halogens is 3. The summed E-state index contributed by atoms with van der Waals surface area (Å²) in [6.07, 6.45) is -1.51. The van der Waals surface area contributed by atoms with Gasteiger partial charge >= 0.3 is 6.18 Å². The molecule has 0 radical (unpaired) electrons. The number of anilines is 1. The normalized spacial score (nSPS) is 11.9. The van der Waals surface area contributed by atoms with Gasteiger partial charge in [-0.05, 0) is 30.3 Å². The minimum Gasteiger partial charge on any atom is -0.463 e. The van der Waals surface area contributed by atoms with Gasteiger partial charge in [0, 0.05) is 0 Å². The number of alkyl halides is 3. The zero-order chi connectivity index (χ0) is 13.0. The number of hydrogen-bond acceptors (Lipinski definition) is 3. The highest BCUT2D eigenvalue weighted by Gasteiger charge is 2.30. The van der Waals surface area contributed by atoms with Crippen molar-refractivity contribution < 1.29 is 17.6 Å². The van der Waals surface area contributed by atoms with Crippen LogP contribution < -0.4 is 5.43 Å². The summed E-state index contributed by atoms with van der Waals surface area (Å²) in [5, 5.41) is 3.77. The molecule has 0 unspecified atom stereocenters. The van der Waals surface area contributed by atoms with Gasteiger partial charge in [0.2, 0.25) is 0 Å². The lowest BCUT2D eigenvalue weighted by Crippen LogP contribution is -2.05. The average molecular weight is 254 g/mol. The van der Waals surface area contributed by atoms with Crippen molar-refractivity contribution in [2.75, 3.05) is 5.43 Å². The van der Waals surface area contributed by atoms with E-state index in [1.165, 1.54) is 24.6 Å². The maximum atomic E-state index is 12.4. The monoisotopic (exact) mass is 254 g/mol. The zero-order valence-electron chi connectivity index (χ0n) is 9.11. The van der Waals surface area contributed by atoms with Crippen LogP contribution >= 0.6 is 0 Å². The summed E-state index contributed by atoms with van der Waals surface area (Å²) in [4.78, 5) is 0. The molecular formula is C12H9F3N2O. The van der Waals surface area contributed by atoms with Crippen molar-refractivity contribution in [3.63, 3.8) is 0 Å². The highest BCUT2D eigenvalue weighted by molar-refractivity contribution is 5.76. The molecule has 1 N–H and O–H groups in total. The van der Waals surface area contributed by atoms with Crippen LogP contribution in [-0.4, -0.2) is 6.21 Å². The van der Waals surface area contributed by atoms with E-state index in [9.17, 15) is 13.2 Å². The zero-order valence-corrected chi connectivity index (χ0v) is 9.11. The van der Waals surface area contributed by atoms with Crippen molar-refractivity contribution in [3.8, 4) is 0 Å². The fourth-order valence-electron chi connectivity index (χ4n) is 1.30. The summed E-state index contributed by atoms with van der Waals surface area (Å²) in [5.41, 5.74) is 2.04. The first-order valence-corrected chi connectivity index (χ1v) is 5.05. The molecule has 2 aromatic rings. The van der Waals surface area contributed by atoms with Crippen LogP contribution in [0.1, 0.15) is 11.3 Å². The molecule has 0 saturated carbocycles. The molecule has 0 bridgehead atoms. The van der Waals surface area contributed by atoms with Gasteiger partial charge < -0.3 is 4.42 Å². The Labute approximate surface area is 101 Å². The van der Waals surface area contributed by atoms with E-state index in [1.807, 2.05) is 0 Å². The summed E-state index contributed by atoms with van der Waals surface area (Å²) >= 11 is 0. The van der Waals surface area contributed by atoms with Crippen molar-refractivity contribution >= 4 is 11.9 Å². The molecule has 0 aliphatic rings. The predicted octanol–water partition coefficient (Wildman–Crippen LogP) is 3.74. The molecule has 1 aromatic heterocycles. The smallest absolute Gasteiger partial charge is 0.416 e. The summed E-state index contributed by atoms with van der Waals surface area (Å²) < 4.78 is 42.3. The Bertz CT molecular complexity index is 533. The molecule has 0 spiro atoms. The second-order valence-electron chi connectivity index (χ2n) is 3.46. The number of rotatable bonds is 3. The van der Waals surface area contributed by atoms with E-state index in [0.717, 1.165) is 12.1 Å². The van der Waals surface area contributed by atoms with Gasteiger partial charge in [0.25, 0.3) is 0 Å². The van der Waals surface area contributed by atoms with Crippen molar-refractivity contribution in [3.05, 3.63) is 54.0 Å². The van der Waals surface area contributed by atoms with E-state index in [-0.39, 0.29) is 5.69 Å². The number of hydrogen-bond donors (Lipinski definition) is 1. The molecule has 18 heavy (non-hydrogen) atoms. The number of nitrogens with one attached hydrogen (secondary N) is 1. The van der Waals surface area contributed by atoms with Gasteiger partial charge in [-0.25, -0.2) is 0 Å². The molecule has 1 heterocycles. The Balaban J connectivity index is 2.06. The summed E-state index contributed by atoms with van der Waals surface area (Å²) in [6, 6.07) is 8.16. The number of hydrazone groups is 1. The first-order valence-electron chi connectivity index (χ1n) is 5.05. The average Bonchev–Trinajstić information content (AvgIpc) is 2.81. The predicted molar refractivity (Wildman–Crippen MR) is 61.4 cm³/mol. The molecule has 2 rings (SSSR count). The van der Waals surface area contributed by atoms with Crippen molar-refractivity contribution in [1.29, 1.82) is 0 Å². The summed E-state index contributed by atoms with van der Waals surface area (Å²) in [6.45, 7) is 0. The van der Waals surface area contributed by atoms with E-state index in [0.29, 0.717) is 5.76 Å². The molecule has 3 nitrogen and oxygen atoms in total. The molecule has 0 saturated heterocycles. The molecule has 0 fully saturated rings. The van der Waals surface area contributed by atoms with Crippen molar-refractivity contribution in [1.82, 2.24) is 0 Å². The Hall–Kier alpha value is -2.24. The second kappa shape index (κ2) is 4.95. The lowest BCUT2D eigenvalue weighted by atomic mass is 10.2. The van der Waals surface area contributed by atoms with E-state index >= 15 is 0 Å². The second-order valence-corrected chi connectivity index (χ2v) is 3.46. The minimum absolute atomic E-state index is 0.257. The van der Waals surface area contributed by atoms with Gasteiger partial charge in [-0.15, -0.1) is 0 Å². The third-order valence-corrected chi connectivity index (χ3v) is 2.12.